The first kappa shape index (κ1) is 13.1. The third-order valence-corrected chi connectivity index (χ3v) is 4.72. The number of hydrogen-bond donors (Lipinski definition) is 2. The van der Waals surface area contributed by atoms with Crippen molar-refractivity contribution in [2.45, 2.75) is 16.7 Å². The van der Waals surface area contributed by atoms with E-state index in [9.17, 15) is 16.8 Å². The molecule has 3 N–H and O–H groups in total. The Hall–Kier alpha value is -0.960. The SMILES string of the molecule is CNS(=O)(=O)c1c(C)cccc1S(N)(=O)=O. The minimum atomic E-state index is -4.07. The molecule has 0 aliphatic rings. The van der Waals surface area contributed by atoms with Crippen LogP contribution in [0.25, 0.3) is 0 Å². The summed E-state index contributed by atoms with van der Waals surface area (Å²) in [6.07, 6.45) is 0. The summed E-state index contributed by atoms with van der Waals surface area (Å²) in [7, 11) is -6.72. The Morgan fingerprint density at radius 2 is 1.75 bits per heavy atom. The molecule has 0 aliphatic carbocycles. The summed E-state index contributed by atoms with van der Waals surface area (Å²) in [6, 6.07) is 4.09. The molecule has 90 valence electrons. The number of benzene rings is 1. The van der Waals surface area contributed by atoms with Gasteiger partial charge in [0.2, 0.25) is 20.0 Å². The van der Waals surface area contributed by atoms with Crippen LogP contribution in [0.4, 0.5) is 0 Å². The summed E-state index contributed by atoms with van der Waals surface area (Å²) in [5.74, 6) is 0. The average molecular weight is 264 g/mol. The van der Waals surface area contributed by atoms with Crippen molar-refractivity contribution in [2.24, 2.45) is 5.14 Å². The zero-order chi connectivity index (χ0) is 12.6. The fourth-order valence-electron chi connectivity index (χ4n) is 1.30. The molecular formula is C8H12N2O4S2. The molecule has 1 rings (SSSR count). The van der Waals surface area contributed by atoms with Crippen molar-refractivity contribution in [1.82, 2.24) is 4.72 Å². The smallest absolute Gasteiger partial charge is 0.225 e. The van der Waals surface area contributed by atoms with Gasteiger partial charge in [-0.05, 0) is 25.6 Å². The van der Waals surface area contributed by atoms with Gasteiger partial charge >= 0.3 is 0 Å². The van der Waals surface area contributed by atoms with Gasteiger partial charge in [0.15, 0.2) is 0 Å². The van der Waals surface area contributed by atoms with Crippen molar-refractivity contribution >= 4 is 20.0 Å². The second-order valence-electron chi connectivity index (χ2n) is 3.15. The maximum Gasteiger partial charge on any atom is 0.241 e. The lowest BCUT2D eigenvalue weighted by atomic mass is 10.2. The van der Waals surface area contributed by atoms with Crippen molar-refractivity contribution in [3.63, 3.8) is 0 Å². The van der Waals surface area contributed by atoms with E-state index in [0.717, 1.165) is 6.07 Å². The van der Waals surface area contributed by atoms with E-state index in [4.69, 9.17) is 5.14 Å². The Kier molecular flexibility index (Phi) is 3.38. The maximum atomic E-state index is 11.7. The maximum absolute atomic E-state index is 11.7. The number of nitrogens with two attached hydrogens (primary N) is 1. The lowest BCUT2D eigenvalue weighted by Gasteiger charge is -2.10. The molecular weight excluding hydrogens is 252 g/mol. The van der Waals surface area contributed by atoms with Gasteiger partial charge in [0.25, 0.3) is 0 Å². The summed E-state index contributed by atoms with van der Waals surface area (Å²) in [5.41, 5.74) is 0.320. The fourth-order valence-corrected chi connectivity index (χ4v) is 3.69. The largest absolute Gasteiger partial charge is 0.241 e. The van der Waals surface area contributed by atoms with Crippen LogP contribution in [0.2, 0.25) is 0 Å². The normalized spacial score (nSPS) is 12.7. The van der Waals surface area contributed by atoms with Crippen LogP contribution in [0, 0.1) is 6.92 Å². The molecule has 0 atom stereocenters. The summed E-state index contributed by atoms with van der Waals surface area (Å²) in [4.78, 5) is -0.707. The van der Waals surface area contributed by atoms with Crippen LogP contribution in [0.15, 0.2) is 28.0 Å². The summed E-state index contributed by atoms with van der Waals surface area (Å²) in [6.45, 7) is 1.50. The molecule has 16 heavy (non-hydrogen) atoms. The number of aryl methyl sites for hydroxylation is 1. The highest BCUT2D eigenvalue weighted by atomic mass is 32.2. The monoisotopic (exact) mass is 264 g/mol. The lowest BCUT2D eigenvalue weighted by Crippen LogP contribution is -2.24. The fraction of sp³-hybridized carbons (Fsp3) is 0.250. The van der Waals surface area contributed by atoms with Crippen molar-refractivity contribution in [2.75, 3.05) is 7.05 Å². The van der Waals surface area contributed by atoms with Gasteiger partial charge in [-0.1, -0.05) is 12.1 Å². The molecule has 1 aromatic carbocycles. The summed E-state index contributed by atoms with van der Waals surface area (Å²) in [5, 5.41) is 4.96. The van der Waals surface area contributed by atoms with Gasteiger partial charge in [0, 0.05) is 0 Å². The van der Waals surface area contributed by atoms with Crippen LogP contribution in [-0.2, 0) is 20.0 Å². The average Bonchev–Trinajstić information content (AvgIpc) is 2.15. The second kappa shape index (κ2) is 4.13. The first-order valence-corrected chi connectivity index (χ1v) is 7.29. The highest BCUT2D eigenvalue weighted by Gasteiger charge is 2.24. The summed E-state index contributed by atoms with van der Waals surface area (Å²) >= 11 is 0. The van der Waals surface area contributed by atoms with Crippen LogP contribution in [-0.4, -0.2) is 23.9 Å². The van der Waals surface area contributed by atoms with E-state index < -0.39 is 24.9 Å². The molecule has 0 unspecified atom stereocenters. The van der Waals surface area contributed by atoms with Crippen molar-refractivity contribution < 1.29 is 16.8 Å². The van der Waals surface area contributed by atoms with E-state index in [1.165, 1.54) is 26.1 Å². The highest BCUT2D eigenvalue weighted by molar-refractivity contribution is 7.92. The van der Waals surface area contributed by atoms with Crippen LogP contribution >= 0.6 is 0 Å². The van der Waals surface area contributed by atoms with E-state index in [0.29, 0.717) is 5.56 Å². The Bertz CT molecular complexity index is 605. The minimum absolute atomic E-state index is 0.306. The van der Waals surface area contributed by atoms with Gasteiger partial charge in [-0.15, -0.1) is 0 Å². The predicted molar refractivity (Wildman–Crippen MR) is 58.8 cm³/mol. The number of nitrogens with one attached hydrogen (secondary N) is 1. The molecule has 0 aliphatic heterocycles. The first-order valence-electron chi connectivity index (χ1n) is 4.26. The van der Waals surface area contributed by atoms with E-state index >= 15 is 0 Å². The second-order valence-corrected chi connectivity index (χ2v) is 6.51. The van der Waals surface area contributed by atoms with Crippen LogP contribution in [0.1, 0.15) is 5.56 Å². The molecule has 1 aromatic rings. The van der Waals surface area contributed by atoms with Gasteiger partial charge in [-0.25, -0.2) is 26.7 Å². The van der Waals surface area contributed by atoms with Gasteiger partial charge in [-0.2, -0.15) is 0 Å². The zero-order valence-corrected chi connectivity index (χ0v) is 10.4. The summed E-state index contributed by atoms with van der Waals surface area (Å²) < 4.78 is 47.9. The standard InChI is InChI=1S/C8H12N2O4S2/c1-6-4-3-5-7(15(9,11)12)8(6)16(13,14)10-2/h3-5,10H,1-2H3,(H2,9,11,12). The Labute approximate surface area is 94.6 Å². The third-order valence-electron chi connectivity index (χ3n) is 2.02. The molecule has 0 bridgehead atoms. The molecule has 0 radical (unpaired) electrons. The molecule has 0 amide bonds. The Balaban J connectivity index is 3.75. The molecule has 0 aromatic heterocycles. The zero-order valence-electron chi connectivity index (χ0n) is 8.76. The third kappa shape index (κ3) is 2.40. The van der Waals surface area contributed by atoms with Crippen LogP contribution < -0.4 is 9.86 Å². The van der Waals surface area contributed by atoms with E-state index in [1.54, 1.807) is 0 Å². The number of hydrogen-bond acceptors (Lipinski definition) is 4. The highest BCUT2D eigenvalue weighted by Crippen LogP contribution is 2.22. The Morgan fingerprint density at radius 3 is 2.19 bits per heavy atom. The van der Waals surface area contributed by atoms with Gasteiger partial charge < -0.3 is 0 Å². The number of rotatable bonds is 3. The van der Waals surface area contributed by atoms with E-state index in [2.05, 4.69) is 4.72 Å². The van der Waals surface area contributed by atoms with Gasteiger partial charge in [0.05, 0.1) is 0 Å². The van der Waals surface area contributed by atoms with Crippen molar-refractivity contribution in [1.29, 1.82) is 0 Å². The lowest BCUT2D eigenvalue weighted by molar-refractivity contribution is 0.577. The topological polar surface area (TPSA) is 106 Å². The minimum Gasteiger partial charge on any atom is -0.225 e. The molecule has 0 spiro atoms. The molecule has 0 fully saturated rings. The van der Waals surface area contributed by atoms with Gasteiger partial charge in [0.1, 0.15) is 9.79 Å². The van der Waals surface area contributed by atoms with Crippen LogP contribution in [0.3, 0.4) is 0 Å². The number of primary sulfonamides is 1. The first-order chi connectivity index (χ1) is 7.20. The quantitative estimate of drug-likeness (QED) is 0.771. The van der Waals surface area contributed by atoms with Crippen molar-refractivity contribution in [3.8, 4) is 0 Å². The Morgan fingerprint density at radius 1 is 1.19 bits per heavy atom. The molecule has 0 heterocycles. The van der Waals surface area contributed by atoms with Crippen LogP contribution in [0.5, 0.6) is 0 Å². The number of sulfonamides is 2. The molecule has 0 saturated carbocycles. The molecule has 6 nitrogen and oxygen atoms in total. The van der Waals surface area contributed by atoms with E-state index in [-0.39, 0.29) is 4.90 Å². The predicted octanol–water partition coefficient (Wildman–Crippen LogP) is -0.449. The van der Waals surface area contributed by atoms with E-state index in [1.807, 2.05) is 0 Å². The molecule has 8 heteroatoms. The van der Waals surface area contributed by atoms with Gasteiger partial charge in [-0.3, -0.25) is 0 Å². The van der Waals surface area contributed by atoms with Crippen molar-refractivity contribution in [3.05, 3.63) is 23.8 Å². The molecule has 0 saturated heterocycles.